The third-order valence-corrected chi connectivity index (χ3v) is 9.72. The number of benzene rings is 1. The van der Waals surface area contributed by atoms with Gasteiger partial charge in [-0.1, -0.05) is 0 Å². The quantitative estimate of drug-likeness (QED) is 0.513. The number of carbonyl (C=O) groups is 1. The molecule has 0 unspecified atom stereocenters. The number of ether oxygens (including phenoxy) is 1. The van der Waals surface area contributed by atoms with Gasteiger partial charge >= 0.3 is 0 Å². The van der Waals surface area contributed by atoms with E-state index in [-0.39, 0.29) is 41.5 Å². The molecule has 1 aromatic heterocycles. The fourth-order valence-electron chi connectivity index (χ4n) is 4.67. The van der Waals surface area contributed by atoms with Gasteiger partial charge in [-0.25, -0.2) is 18.7 Å². The Balaban J connectivity index is 1.71. The highest BCUT2D eigenvalue weighted by Crippen LogP contribution is 2.71. The smallest absolute Gasteiger partial charge is 0.276 e. The predicted octanol–water partition coefficient (Wildman–Crippen LogP) is 3.39. The number of hydrogen-bond acceptors (Lipinski definition) is 8. The zero-order chi connectivity index (χ0) is 24.2. The number of anilines is 1. The molecule has 0 radical (unpaired) electrons. The van der Waals surface area contributed by atoms with E-state index in [1.165, 1.54) is 32.4 Å². The van der Waals surface area contributed by atoms with Gasteiger partial charge in [0.25, 0.3) is 5.91 Å². The maximum Gasteiger partial charge on any atom is 0.276 e. The van der Waals surface area contributed by atoms with Crippen molar-refractivity contribution in [3.8, 4) is 5.88 Å². The number of alkyl halides is 1. The molecule has 2 aliphatic heterocycles. The number of nitrogens with one attached hydrogen (secondary N) is 1. The molecule has 1 amide bonds. The number of halogens is 2. The van der Waals surface area contributed by atoms with E-state index in [1.54, 1.807) is 6.92 Å². The van der Waals surface area contributed by atoms with Gasteiger partial charge < -0.3 is 15.8 Å². The SMILES string of the molecule is COc1cnc(C(=O)Nc2ccc(F)c([C@@]3(C)N=C(N)[C@@]4(CF)CC[C@@H]3S4(O)O)c2)c(C)n1. The molecular formula is C21H25F2N5O4S. The first-order chi connectivity index (χ1) is 15.5. The number of methoxy groups -OCH3 is 1. The van der Waals surface area contributed by atoms with Crippen molar-refractivity contribution in [1.29, 1.82) is 0 Å². The van der Waals surface area contributed by atoms with Crippen LogP contribution in [0.5, 0.6) is 5.88 Å². The molecule has 3 heterocycles. The maximum atomic E-state index is 15.0. The average Bonchev–Trinajstić information content (AvgIpc) is 2.98. The molecule has 5 N–H and O–H groups in total. The second-order valence-corrected chi connectivity index (χ2v) is 10.9. The Kier molecular flexibility index (Phi) is 5.58. The molecule has 0 saturated carbocycles. The molecule has 9 nitrogen and oxygen atoms in total. The number of amidine groups is 1. The van der Waals surface area contributed by atoms with Gasteiger partial charge in [0.15, 0.2) is 0 Å². The van der Waals surface area contributed by atoms with Crippen LogP contribution in [0.3, 0.4) is 0 Å². The molecule has 1 fully saturated rings. The zero-order valence-electron chi connectivity index (χ0n) is 18.3. The van der Waals surface area contributed by atoms with Crippen LogP contribution < -0.4 is 15.8 Å². The molecule has 4 rings (SSSR count). The van der Waals surface area contributed by atoms with Crippen molar-refractivity contribution in [3.63, 3.8) is 0 Å². The van der Waals surface area contributed by atoms with Gasteiger partial charge in [-0.2, -0.15) is 10.6 Å². The summed E-state index contributed by atoms with van der Waals surface area (Å²) in [5, 5.41) is 1.72. The average molecular weight is 482 g/mol. The highest BCUT2D eigenvalue weighted by molar-refractivity contribution is 8.26. The molecule has 33 heavy (non-hydrogen) atoms. The number of nitrogens with zero attached hydrogens (tertiary/aromatic N) is 3. The van der Waals surface area contributed by atoms with Gasteiger partial charge in [0.1, 0.15) is 34.3 Å². The Morgan fingerprint density at radius 3 is 2.79 bits per heavy atom. The summed E-state index contributed by atoms with van der Waals surface area (Å²) >= 11 is 0. The number of amides is 1. The fraction of sp³-hybridized carbons (Fsp3) is 0.429. The molecule has 178 valence electrons. The molecule has 2 bridgehead atoms. The first kappa shape index (κ1) is 23.3. The van der Waals surface area contributed by atoms with Gasteiger partial charge in [-0.15, -0.1) is 0 Å². The molecule has 0 aliphatic carbocycles. The molecule has 2 aliphatic rings. The van der Waals surface area contributed by atoms with Crippen LogP contribution in [0.1, 0.15) is 41.5 Å². The highest BCUT2D eigenvalue weighted by atomic mass is 32.3. The van der Waals surface area contributed by atoms with E-state index in [0.717, 1.165) is 6.07 Å². The van der Waals surface area contributed by atoms with Crippen LogP contribution >= 0.6 is 10.6 Å². The second kappa shape index (κ2) is 7.89. The number of aryl methyl sites for hydroxylation is 1. The largest absolute Gasteiger partial charge is 0.480 e. The van der Waals surface area contributed by atoms with Crippen molar-refractivity contribution in [3.05, 3.63) is 47.2 Å². The number of carbonyl (C=O) groups excluding carboxylic acids is 1. The maximum absolute atomic E-state index is 15.0. The van der Waals surface area contributed by atoms with Crippen LogP contribution in [0, 0.1) is 12.7 Å². The number of rotatable bonds is 5. The van der Waals surface area contributed by atoms with Crippen molar-refractivity contribution >= 4 is 28.0 Å². The van der Waals surface area contributed by atoms with Gasteiger partial charge in [0.2, 0.25) is 5.88 Å². The Hall–Kier alpha value is -2.83. The van der Waals surface area contributed by atoms with Crippen LogP contribution in [0.4, 0.5) is 14.5 Å². The normalized spacial score (nSPS) is 28.7. The second-order valence-electron chi connectivity index (χ2n) is 8.39. The Morgan fingerprint density at radius 1 is 1.42 bits per heavy atom. The molecular weight excluding hydrogens is 456 g/mol. The lowest BCUT2D eigenvalue weighted by Gasteiger charge is -2.54. The van der Waals surface area contributed by atoms with E-state index in [0.29, 0.717) is 5.69 Å². The van der Waals surface area contributed by atoms with Gasteiger partial charge in [-0.3, -0.25) is 18.9 Å². The first-order valence-electron chi connectivity index (χ1n) is 10.2. The standard InChI is InChI=1S/C21H25F2N5O4S/c1-11-17(25-9-16(26-11)32-3)18(29)27-12-4-5-14(23)13(8-12)20(2)15-6-7-21(10-22,19(24)28-20)33(15,30)31/h4-5,8-9,15,30-31H,6-7,10H2,1-3H3,(H2,24,28)(H,27,29)/t15-,20+,21-/m0/s1. The monoisotopic (exact) mass is 481 g/mol. The Labute approximate surface area is 190 Å². The van der Waals surface area contributed by atoms with Crippen LogP contribution in [-0.2, 0) is 5.54 Å². The first-order valence-corrected chi connectivity index (χ1v) is 11.8. The van der Waals surface area contributed by atoms with E-state index >= 15 is 0 Å². The minimum absolute atomic E-state index is 0.0140. The van der Waals surface area contributed by atoms with Gasteiger partial charge in [0, 0.05) is 11.3 Å². The van der Waals surface area contributed by atoms with E-state index < -0.39 is 44.5 Å². The summed E-state index contributed by atoms with van der Waals surface area (Å²) in [6, 6.07) is 3.87. The number of hydrogen-bond donors (Lipinski definition) is 4. The number of aliphatic imine (C=N–C) groups is 1. The lowest BCUT2D eigenvalue weighted by Crippen LogP contribution is -2.55. The topological polar surface area (TPSA) is 143 Å². The summed E-state index contributed by atoms with van der Waals surface area (Å²) in [7, 11) is -2.14. The Bertz CT molecular complexity index is 1160. The third-order valence-electron chi connectivity index (χ3n) is 6.56. The lowest BCUT2D eigenvalue weighted by atomic mass is 9.86. The van der Waals surface area contributed by atoms with Crippen molar-refractivity contribution in [2.24, 2.45) is 10.7 Å². The number of fused-ring (bicyclic) bond motifs is 2. The highest BCUT2D eigenvalue weighted by Gasteiger charge is 2.65. The summed E-state index contributed by atoms with van der Waals surface area (Å²) in [6.45, 7) is 2.08. The van der Waals surface area contributed by atoms with Crippen LogP contribution in [0.15, 0.2) is 29.4 Å². The Morgan fingerprint density at radius 2 is 2.15 bits per heavy atom. The molecule has 1 saturated heterocycles. The molecule has 12 heteroatoms. The summed E-state index contributed by atoms with van der Waals surface area (Å²) in [6.07, 6.45) is 1.62. The summed E-state index contributed by atoms with van der Waals surface area (Å²) < 4.78 is 54.1. The molecule has 3 atom stereocenters. The summed E-state index contributed by atoms with van der Waals surface area (Å²) in [5.74, 6) is -1.21. The third kappa shape index (κ3) is 3.35. The van der Waals surface area contributed by atoms with Crippen LogP contribution in [0.2, 0.25) is 0 Å². The van der Waals surface area contributed by atoms with Gasteiger partial charge in [-0.05, 0) is 44.9 Å². The van der Waals surface area contributed by atoms with Crippen LogP contribution in [-0.4, -0.2) is 54.6 Å². The van der Waals surface area contributed by atoms with Crippen LogP contribution in [0.25, 0.3) is 0 Å². The van der Waals surface area contributed by atoms with Crippen molar-refractivity contribution in [1.82, 2.24) is 9.97 Å². The fourth-order valence-corrected chi connectivity index (χ4v) is 7.41. The number of nitrogens with two attached hydrogens (primary N) is 1. The zero-order valence-corrected chi connectivity index (χ0v) is 19.1. The summed E-state index contributed by atoms with van der Waals surface area (Å²) in [5.41, 5.74) is 5.22. The predicted molar refractivity (Wildman–Crippen MR) is 121 cm³/mol. The van der Waals surface area contributed by atoms with E-state index in [4.69, 9.17) is 10.5 Å². The van der Waals surface area contributed by atoms with E-state index in [2.05, 4.69) is 20.3 Å². The van der Waals surface area contributed by atoms with Gasteiger partial charge in [0.05, 0.1) is 24.3 Å². The summed E-state index contributed by atoms with van der Waals surface area (Å²) in [4.78, 5) is 25.3. The van der Waals surface area contributed by atoms with Crippen molar-refractivity contribution in [2.75, 3.05) is 19.1 Å². The van der Waals surface area contributed by atoms with Crippen molar-refractivity contribution < 1.29 is 27.4 Å². The van der Waals surface area contributed by atoms with E-state index in [1.807, 2.05) is 0 Å². The van der Waals surface area contributed by atoms with E-state index in [9.17, 15) is 22.7 Å². The minimum atomic E-state index is -3.57. The number of aromatic nitrogens is 2. The van der Waals surface area contributed by atoms with Crippen molar-refractivity contribution in [2.45, 2.75) is 42.2 Å². The lowest BCUT2D eigenvalue weighted by molar-refractivity contribution is 0.102. The molecule has 2 aromatic rings. The molecule has 0 spiro atoms. The molecule has 1 aromatic carbocycles. The minimum Gasteiger partial charge on any atom is -0.480 e.